The molecule has 1 aromatic carbocycles. The van der Waals surface area contributed by atoms with E-state index in [1.54, 1.807) is 24.3 Å². The van der Waals surface area contributed by atoms with Crippen molar-refractivity contribution < 1.29 is 9.53 Å². The summed E-state index contributed by atoms with van der Waals surface area (Å²) in [4.78, 5) is 11.0. The number of benzene rings is 1. The van der Waals surface area contributed by atoms with Crippen LogP contribution >= 0.6 is 50.1 Å². The summed E-state index contributed by atoms with van der Waals surface area (Å²) in [5.41, 5.74) is 0.803. The van der Waals surface area contributed by atoms with Crippen molar-refractivity contribution >= 4 is 56.1 Å². The van der Waals surface area contributed by atoms with Crippen molar-refractivity contribution in [2.45, 2.75) is 4.83 Å². The molecule has 1 atom stereocenters. The van der Waals surface area contributed by atoms with E-state index in [0.29, 0.717) is 5.02 Å². The summed E-state index contributed by atoms with van der Waals surface area (Å²) in [7, 11) is 0. The quantitative estimate of drug-likeness (QED) is 0.327. The van der Waals surface area contributed by atoms with Gasteiger partial charge >= 0.3 is 5.97 Å². The Morgan fingerprint density at radius 1 is 1.50 bits per heavy atom. The third kappa shape index (κ3) is 4.32. The monoisotopic (exact) mass is 412 g/mol. The van der Waals surface area contributed by atoms with E-state index in [2.05, 4.69) is 25.8 Å². The number of hydrogen-bond donors (Lipinski definition) is 0. The Labute approximate surface area is 121 Å². The number of ether oxygens (including phenoxy) is 1. The van der Waals surface area contributed by atoms with Crippen LogP contribution in [0.15, 0.2) is 24.3 Å². The van der Waals surface area contributed by atoms with Gasteiger partial charge in [-0.2, -0.15) is 0 Å². The van der Waals surface area contributed by atoms with Gasteiger partial charge in [0, 0.05) is 27.6 Å². The third-order valence-corrected chi connectivity index (χ3v) is 3.26. The second-order valence-electron chi connectivity index (χ2n) is 2.79. The average molecular weight is 413 g/mol. The number of alkyl halides is 1. The first-order valence-electron chi connectivity index (χ1n) is 4.30. The van der Waals surface area contributed by atoms with Crippen LogP contribution in [0.1, 0.15) is 10.4 Å². The van der Waals surface area contributed by atoms with Gasteiger partial charge in [-0.25, -0.2) is 0 Å². The smallest absolute Gasteiger partial charge is 0.325 e. The molecule has 1 aromatic rings. The summed E-state index contributed by atoms with van der Waals surface area (Å²) >= 11 is 10.9. The Balaban J connectivity index is 2.61. The number of rotatable bonds is 3. The van der Waals surface area contributed by atoms with E-state index < -0.39 is 4.83 Å². The maximum atomic E-state index is 11.5. The normalized spacial score (nSPS) is 11.2. The molecule has 0 aromatic heterocycles. The van der Waals surface area contributed by atoms with Gasteiger partial charge in [-0.3, -0.25) is 4.79 Å². The van der Waals surface area contributed by atoms with Gasteiger partial charge in [-0.05, 0) is 21.6 Å². The molecule has 0 aliphatic carbocycles. The molecule has 0 amide bonds. The van der Waals surface area contributed by atoms with Gasteiger partial charge in [0.1, 0.15) is 4.83 Å². The topological polar surface area (TPSA) is 26.3 Å². The van der Waals surface area contributed by atoms with Crippen LogP contribution in [0.3, 0.4) is 0 Å². The maximum absolute atomic E-state index is 11.5. The van der Waals surface area contributed by atoms with Crippen LogP contribution < -0.4 is 0 Å². The largest absolute Gasteiger partial charge is 0.451 e. The minimum Gasteiger partial charge on any atom is -0.451 e. The molecule has 0 spiro atoms. The molecule has 0 aliphatic rings. The van der Waals surface area contributed by atoms with E-state index in [4.69, 9.17) is 16.3 Å². The van der Waals surface area contributed by atoms with Gasteiger partial charge in [0.15, 0.2) is 6.61 Å². The number of carbonyl (C=O) groups excluding carboxylic acids is 1. The highest BCUT2D eigenvalue weighted by atomic mass is 127. The maximum Gasteiger partial charge on any atom is 0.325 e. The molecule has 0 saturated carbocycles. The van der Waals surface area contributed by atoms with Crippen molar-refractivity contribution in [3.05, 3.63) is 34.9 Å². The fourth-order valence-electron chi connectivity index (χ4n) is 0.975. The summed E-state index contributed by atoms with van der Waals surface area (Å²) in [6.07, 6.45) is 0. The van der Waals surface area contributed by atoms with Crippen LogP contribution in [0, 0.1) is 9.85 Å². The molecule has 0 bridgehead atoms. The third-order valence-electron chi connectivity index (χ3n) is 1.72. The molecule has 1 unspecified atom stereocenters. The first kappa shape index (κ1) is 13.8. The van der Waals surface area contributed by atoms with Crippen LogP contribution in [-0.4, -0.2) is 12.6 Å². The van der Waals surface area contributed by atoms with E-state index in [1.165, 1.54) is 0 Å². The Hall–Kier alpha value is -0.250. The average Bonchev–Trinajstić information content (AvgIpc) is 2.29. The zero-order chi connectivity index (χ0) is 12.0. The van der Waals surface area contributed by atoms with Crippen molar-refractivity contribution in [3.63, 3.8) is 0 Å². The zero-order valence-corrected chi connectivity index (χ0v) is 12.5. The molecule has 0 N–H and O–H groups in total. The fourth-order valence-corrected chi connectivity index (χ4v) is 1.69. The number of carbonyl (C=O) groups is 1. The second kappa shape index (κ2) is 7.15. The van der Waals surface area contributed by atoms with Crippen molar-refractivity contribution in [2.75, 3.05) is 6.61 Å². The summed E-state index contributed by atoms with van der Waals surface area (Å²) in [6.45, 7) is 0.109. The molecular weight excluding hydrogens is 406 g/mol. The van der Waals surface area contributed by atoms with Crippen molar-refractivity contribution in [1.82, 2.24) is 0 Å². The summed E-state index contributed by atoms with van der Waals surface area (Å²) in [6, 6.07) is 6.99. The molecule has 0 radical (unpaired) electrons. The van der Waals surface area contributed by atoms with Crippen LogP contribution in [0.2, 0.25) is 5.02 Å². The summed E-state index contributed by atoms with van der Waals surface area (Å²) < 4.78 is 7.55. The van der Waals surface area contributed by atoms with Crippen LogP contribution in [0.25, 0.3) is 0 Å². The number of halogens is 3. The van der Waals surface area contributed by atoms with Gasteiger partial charge < -0.3 is 4.74 Å². The van der Waals surface area contributed by atoms with E-state index in [1.807, 2.05) is 22.6 Å². The van der Waals surface area contributed by atoms with E-state index in [-0.39, 0.29) is 12.6 Å². The zero-order valence-electron chi connectivity index (χ0n) is 8.04. The van der Waals surface area contributed by atoms with E-state index >= 15 is 0 Å². The Kier molecular flexibility index (Phi) is 6.17. The van der Waals surface area contributed by atoms with Gasteiger partial charge in [0.25, 0.3) is 0 Å². The first-order chi connectivity index (χ1) is 7.65. The number of esters is 1. The minimum atomic E-state index is -0.485. The molecule has 0 aliphatic heterocycles. The lowest BCUT2D eigenvalue weighted by molar-refractivity contribution is -0.141. The summed E-state index contributed by atoms with van der Waals surface area (Å²) in [5, 5.41) is 0.632. The lowest BCUT2D eigenvalue weighted by Crippen LogP contribution is -2.11. The van der Waals surface area contributed by atoms with E-state index in [9.17, 15) is 4.79 Å². The van der Waals surface area contributed by atoms with Gasteiger partial charge in [-0.1, -0.05) is 45.6 Å². The molecule has 0 fully saturated rings. The van der Waals surface area contributed by atoms with E-state index in [0.717, 1.165) is 5.56 Å². The highest BCUT2D eigenvalue weighted by molar-refractivity contribution is 14.1. The fraction of sp³-hybridized carbons (Fsp3) is 0.182. The van der Waals surface area contributed by atoms with Crippen molar-refractivity contribution in [1.29, 1.82) is 0 Å². The van der Waals surface area contributed by atoms with Crippen LogP contribution in [0.4, 0.5) is 0 Å². The molecule has 0 saturated heterocycles. The number of hydrogen-bond acceptors (Lipinski definition) is 2. The Morgan fingerprint density at radius 3 is 2.69 bits per heavy atom. The predicted octanol–water partition coefficient (Wildman–Crippen LogP) is 3.72. The molecule has 5 heteroatoms. The molecular formula is C11H7BrClIO2. The molecule has 84 valence electrons. The SMILES string of the molecule is O=C(OCC#CI)C(Br)c1ccc(Cl)cc1. The Morgan fingerprint density at radius 2 is 2.12 bits per heavy atom. The molecule has 0 heterocycles. The standard InChI is InChI=1S/C11H7BrClIO2/c12-10(11(15)16-7-1-6-14)8-2-4-9(13)5-3-8/h2-5,10H,7H2. The lowest BCUT2D eigenvalue weighted by Gasteiger charge is -2.08. The lowest BCUT2D eigenvalue weighted by atomic mass is 10.1. The minimum absolute atomic E-state index is 0.109. The molecule has 1 rings (SSSR count). The van der Waals surface area contributed by atoms with Crippen molar-refractivity contribution in [2.24, 2.45) is 0 Å². The van der Waals surface area contributed by atoms with Crippen LogP contribution in [0.5, 0.6) is 0 Å². The second-order valence-corrected chi connectivity index (χ2v) is 4.68. The highest BCUT2D eigenvalue weighted by Crippen LogP contribution is 2.25. The predicted molar refractivity (Wildman–Crippen MR) is 75.9 cm³/mol. The van der Waals surface area contributed by atoms with Gasteiger partial charge in [0.2, 0.25) is 0 Å². The van der Waals surface area contributed by atoms with Gasteiger partial charge in [0.05, 0.1) is 0 Å². The summed E-state index contributed by atoms with van der Waals surface area (Å²) in [5.74, 6) is 2.29. The Bertz CT molecular complexity index is 422. The van der Waals surface area contributed by atoms with Crippen LogP contribution in [-0.2, 0) is 9.53 Å². The molecule has 16 heavy (non-hydrogen) atoms. The van der Waals surface area contributed by atoms with Crippen molar-refractivity contribution in [3.8, 4) is 9.85 Å². The highest BCUT2D eigenvalue weighted by Gasteiger charge is 2.18. The molecule has 2 nitrogen and oxygen atoms in total. The van der Waals surface area contributed by atoms with Gasteiger partial charge in [-0.15, -0.1) is 0 Å². The first-order valence-corrected chi connectivity index (χ1v) is 6.67.